The van der Waals surface area contributed by atoms with Gasteiger partial charge < -0.3 is 15.4 Å². The zero-order valence-electron chi connectivity index (χ0n) is 11.5. The van der Waals surface area contributed by atoms with Crippen molar-refractivity contribution in [3.05, 3.63) is 0 Å². The second-order valence-corrected chi connectivity index (χ2v) is 5.68. The molecule has 1 aliphatic rings. The number of thioether (sulfide) groups is 1. The summed E-state index contributed by atoms with van der Waals surface area (Å²) in [6.07, 6.45) is 2.14. The summed E-state index contributed by atoms with van der Waals surface area (Å²) in [6.45, 7) is 7.70. The van der Waals surface area contributed by atoms with Gasteiger partial charge in [0.15, 0.2) is 0 Å². The number of rotatable bonds is 9. The highest BCUT2D eigenvalue weighted by atomic mass is 32.2. The molecule has 106 valence electrons. The van der Waals surface area contributed by atoms with Crippen LogP contribution in [0.2, 0.25) is 0 Å². The van der Waals surface area contributed by atoms with Gasteiger partial charge in [0.2, 0.25) is 5.91 Å². The van der Waals surface area contributed by atoms with Gasteiger partial charge in [0.05, 0.1) is 12.4 Å². The third-order valence-electron chi connectivity index (χ3n) is 3.10. The molecule has 0 bridgehead atoms. The number of nitrogens with one attached hydrogen (secondary N) is 2. The third kappa shape index (κ3) is 6.07. The van der Waals surface area contributed by atoms with Crippen LogP contribution in [-0.4, -0.2) is 49.8 Å². The Hall–Kier alpha value is -0.260. The van der Waals surface area contributed by atoms with Crippen LogP contribution < -0.4 is 10.6 Å². The molecule has 1 fully saturated rings. The van der Waals surface area contributed by atoms with Crippen molar-refractivity contribution >= 4 is 17.7 Å². The highest BCUT2D eigenvalue weighted by Crippen LogP contribution is 2.19. The Labute approximate surface area is 115 Å². The highest BCUT2D eigenvalue weighted by molar-refractivity contribution is 8.00. The predicted octanol–water partition coefficient (Wildman–Crippen LogP) is 1.26. The lowest BCUT2D eigenvalue weighted by Gasteiger charge is -2.22. The van der Waals surface area contributed by atoms with E-state index in [4.69, 9.17) is 4.74 Å². The number of hydrogen-bond acceptors (Lipinski definition) is 4. The van der Waals surface area contributed by atoms with E-state index in [2.05, 4.69) is 24.5 Å². The largest absolute Gasteiger partial charge is 0.381 e. The molecule has 0 aromatic heterocycles. The van der Waals surface area contributed by atoms with Crippen LogP contribution in [0.15, 0.2) is 0 Å². The fraction of sp³-hybridized carbons (Fsp3) is 0.923. The van der Waals surface area contributed by atoms with Crippen LogP contribution in [0.4, 0.5) is 0 Å². The topological polar surface area (TPSA) is 50.4 Å². The maximum Gasteiger partial charge on any atom is 0.229 e. The fourth-order valence-corrected chi connectivity index (χ4v) is 3.14. The standard InChI is InChI=1S/C13H26N2O2S/c1-3-6-15-13(16)10-18-9-12(14-4-2)11-5-7-17-8-11/h11-12,14H,3-10H2,1-2H3,(H,15,16). The van der Waals surface area contributed by atoms with Gasteiger partial charge in [-0.3, -0.25) is 4.79 Å². The van der Waals surface area contributed by atoms with Gasteiger partial charge in [-0.25, -0.2) is 0 Å². The van der Waals surface area contributed by atoms with Gasteiger partial charge in [-0.2, -0.15) is 11.8 Å². The average molecular weight is 274 g/mol. The van der Waals surface area contributed by atoms with Crippen molar-refractivity contribution in [1.82, 2.24) is 10.6 Å². The van der Waals surface area contributed by atoms with Crippen LogP contribution >= 0.6 is 11.8 Å². The molecule has 18 heavy (non-hydrogen) atoms. The Balaban J connectivity index is 2.18. The van der Waals surface area contributed by atoms with Crippen molar-refractivity contribution in [3.8, 4) is 0 Å². The van der Waals surface area contributed by atoms with Crippen LogP contribution in [0.5, 0.6) is 0 Å². The molecule has 2 unspecified atom stereocenters. The maximum absolute atomic E-state index is 11.5. The first-order chi connectivity index (χ1) is 8.77. The fourth-order valence-electron chi connectivity index (χ4n) is 2.09. The molecule has 1 saturated heterocycles. The van der Waals surface area contributed by atoms with Gasteiger partial charge in [-0.05, 0) is 19.4 Å². The molecule has 1 amide bonds. The zero-order chi connectivity index (χ0) is 13.2. The van der Waals surface area contributed by atoms with Gasteiger partial charge in [0.1, 0.15) is 0 Å². The monoisotopic (exact) mass is 274 g/mol. The van der Waals surface area contributed by atoms with Crippen molar-refractivity contribution in [2.24, 2.45) is 5.92 Å². The van der Waals surface area contributed by atoms with Crippen molar-refractivity contribution in [2.45, 2.75) is 32.7 Å². The molecule has 0 aromatic rings. The molecule has 0 aromatic carbocycles. The third-order valence-corrected chi connectivity index (χ3v) is 4.16. The number of carbonyl (C=O) groups is 1. The lowest BCUT2D eigenvalue weighted by atomic mass is 10.0. The van der Waals surface area contributed by atoms with Gasteiger partial charge in [0, 0.05) is 30.9 Å². The minimum absolute atomic E-state index is 0.153. The molecular weight excluding hydrogens is 248 g/mol. The van der Waals surface area contributed by atoms with Crippen LogP contribution in [-0.2, 0) is 9.53 Å². The molecule has 0 radical (unpaired) electrons. The Kier molecular flexibility index (Phi) is 8.46. The molecule has 1 rings (SSSR count). The molecule has 5 heteroatoms. The highest BCUT2D eigenvalue weighted by Gasteiger charge is 2.25. The summed E-state index contributed by atoms with van der Waals surface area (Å²) >= 11 is 1.72. The SMILES string of the molecule is CCCNC(=O)CSCC(NCC)C1CCOC1. The molecule has 0 saturated carbocycles. The van der Waals surface area contributed by atoms with Crippen LogP contribution in [0, 0.1) is 5.92 Å². The number of carbonyl (C=O) groups excluding carboxylic acids is 1. The molecule has 1 heterocycles. The molecule has 0 aliphatic carbocycles. The van der Waals surface area contributed by atoms with Gasteiger partial charge in [0.25, 0.3) is 0 Å². The molecule has 4 nitrogen and oxygen atoms in total. The quantitative estimate of drug-likeness (QED) is 0.664. The second-order valence-electron chi connectivity index (χ2n) is 4.65. The summed E-state index contributed by atoms with van der Waals surface area (Å²) < 4.78 is 5.44. The Morgan fingerprint density at radius 2 is 2.33 bits per heavy atom. The van der Waals surface area contributed by atoms with Crippen molar-refractivity contribution in [1.29, 1.82) is 0 Å². The summed E-state index contributed by atoms with van der Waals surface area (Å²) in [5.74, 6) is 2.31. The van der Waals surface area contributed by atoms with E-state index in [-0.39, 0.29) is 5.91 Å². The van der Waals surface area contributed by atoms with Crippen LogP contribution in [0.3, 0.4) is 0 Å². The summed E-state index contributed by atoms with van der Waals surface area (Å²) in [5, 5.41) is 6.41. The Morgan fingerprint density at radius 1 is 1.50 bits per heavy atom. The summed E-state index contributed by atoms with van der Waals surface area (Å²) in [4.78, 5) is 11.5. The smallest absolute Gasteiger partial charge is 0.229 e. The van der Waals surface area contributed by atoms with Gasteiger partial charge in [-0.1, -0.05) is 13.8 Å². The molecule has 2 atom stereocenters. The van der Waals surface area contributed by atoms with E-state index in [1.165, 1.54) is 0 Å². The van der Waals surface area contributed by atoms with Crippen molar-refractivity contribution in [2.75, 3.05) is 37.8 Å². The Morgan fingerprint density at radius 3 is 2.94 bits per heavy atom. The van der Waals surface area contributed by atoms with E-state index in [1.54, 1.807) is 11.8 Å². The van der Waals surface area contributed by atoms with E-state index < -0.39 is 0 Å². The lowest BCUT2D eigenvalue weighted by Crippen LogP contribution is -2.39. The lowest BCUT2D eigenvalue weighted by molar-refractivity contribution is -0.118. The normalized spacial score (nSPS) is 20.9. The van der Waals surface area contributed by atoms with E-state index >= 15 is 0 Å². The summed E-state index contributed by atoms with van der Waals surface area (Å²) in [7, 11) is 0. The van der Waals surface area contributed by atoms with E-state index in [1.807, 2.05) is 0 Å². The molecular formula is C13H26N2O2S. The van der Waals surface area contributed by atoms with Gasteiger partial charge in [-0.15, -0.1) is 0 Å². The predicted molar refractivity (Wildman–Crippen MR) is 77.0 cm³/mol. The Bertz CT molecular complexity index is 233. The molecule has 1 aliphatic heterocycles. The van der Waals surface area contributed by atoms with E-state index in [0.29, 0.717) is 17.7 Å². The number of amides is 1. The second kappa shape index (κ2) is 9.64. The first-order valence-corrected chi connectivity index (χ1v) is 8.09. The van der Waals surface area contributed by atoms with Crippen molar-refractivity contribution in [3.63, 3.8) is 0 Å². The first-order valence-electron chi connectivity index (χ1n) is 6.93. The molecule has 2 N–H and O–H groups in total. The molecule has 0 spiro atoms. The van der Waals surface area contributed by atoms with Crippen LogP contribution in [0.25, 0.3) is 0 Å². The van der Waals surface area contributed by atoms with E-state index in [0.717, 1.165) is 44.9 Å². The summed E-state index contributed by atoms with van der Waals surface area (Å²) in [6, 6.07) is 0.474. The zero-order valence-corrected chi connectivity index (χ0v) is 12.4. The summed E-state index contributed by atoms with van der Waals surface area (Å²) in [5.41, 5.74) is 0. The van der Waals surface area contributed by atoms with E-state index in [9.17, 15) is 4.79 Å². The number of ether oxygens (including phenoxy) is 1. The minimum Gasteiger partial charge on any atom is -0.381 e. The van der Waals surface area contributed by atoms with Crippen LogP contribution in [0.1, 0.15) is 26.7 Å². The van der Waals surface area contributed by atoms with Gasteiger partial charge >= 0.3 is 0 Å². The average Bonchev–Trinajstić information content (AvgIpc) is 2.89. The first kappa shape index (κ1) is 15.8. The number of hydrogen-bond donors (Lipinski definition) is 2. The minimum atomic E-state index is 0.153. The maximum atomic E-state index is 11.5. The van der Waals surface area contributed by atoms with Crippen molar-refractivity contribution < 1.29 is 9.53 Å².